The van der Waals surface area contributed by atoms with Crippen LogP contribution in [-0.4, -0.2) is 57.6 Å². The Hall–Kier alpha value is -2.37. The summed E-state index contributed by atoms with van der Waals surface area (Å²) >= 11 is 0. The average Bonchev–Trinajstić information content (AvgIpc) is 2.75. The number of hydrogen-bond acceptors (Lipinski definition) is 10. The molecule has 0 bridgehead atoms. The number of rotatable bonds is 11. The predicted molar refractivity (Wildman–Crippen MR) is 136 cm³/mol. The molecule has 198 valence electrons. The normalized spacial score (nSPS) is 14.5. The van der Waals surface area contributed by atoms with Gasteiger partial charge < -0.3 is 8.85 Å². The van der Waals surface area contributed by atoms with E-state index < -0.39 is 61.0 Å². The Kier molecular flexibility index (Phi) is 9.42. The Morgan fingerprint density at radius 1 is 0.583 bits per heavy atom. The molecule has 0 N–H and O–H groups in total. The summed E-state index contributed by atoms with van der Waals surface area (Å²) in [5.41, 5.74) is 0. The summed E-state index contributed by atoms with van der Waals surface area (Å²) in [6.07, 6.45) is -4.60. The highest BCUT2D eigenvalue weighted by atomic mass is 32.2. The third-order valence-electron chi connectivity index (χ3n) is 4.08. The Morgan fingerprint density at radius 2 is 0.861 bits per heavy atom. The average molecular weight is 575 g/mol. The molecule has 2 rings (SSSR count). The molecule has 14 heteroatoms. The van der Waals surface area contributed by atoms with E-state index in [1.807, 2.05) is 0 Å². The molecule has 0 saturated heterocycles. The van der Waals surface area contributed by atoms with Gasteiger partial charge in [0.25, 0.3) is 20.2 Å². The number of benzene rings is 2. The van der Waals surface area contributed by atoms with Crippen molar-refractivity contribution in [2.45, 2.75) is 61.3 Å². The lowest BCUT2D eigenvalue weighted by Gasteiger charge is -2.29. The summed E-state index contributed by atoms with van der Waals surface area (Å²) in [7, 11) is -14.6. The van der Waals surface area contributed by atoms with Crippen LogP contribution in [0, 0.1) is 0 Å². The lowest BCUT2D eigenvalue weighted by molar-refractivity contribution is -0.158. The van der Waals surface area contributed by atoms with E-state index in [0.29, 0.717) is 0 Å². The first kappa shape index (κ1) is 29.9. The summed E-state index contributed by atoms with van der Waals surface area (Å²) in [5, 5.41) is 0. The Bertz CT molecular complexity index is 1170. The lowest BCUT2D eigenvalue weighted by atomic mass is 10.2. The van der Waals surface area contributed by atoms with Crippen LogP contribution in [0.15, 0.2) is 70.5 Å². The molecule has 0 fully saturated rings. The first-order chi connectivity index (χ1) is 16.4. The molecule has 2 unspecified atom stereocenters. The van der Waals surface area contributed by atoms with Gasteiger partial charge in [0, 0.05) is 0 Å². The van der Waals surface area contributed by atoms with Crippen molar-refractivity contribution in [2.24, 2.45) is 0 Å². The molecule has 10 nitrogen and oxygen atoms in total. The first-order valence-corrected chi connectivity index (χ1v) is 20.5. The summed E-state index contributed by atoms with van der Waals surface area (Å²) in [6.45, 7) is 9.86. The van der Waals surface area contributed by atoms with Crippen LogP contribution in [-0.2, 0) is 47.0 Å². The van der Waals surface area contributed by atoms with Gasteiger partial charge in [-0.3, -0.25) is 9.59 Å². The zero-order chi connectivity index (χ0) is 27.4. The standard InChI is InChI=1S/C22H30O10S2Si2/c1-35(2,3)31-21(23)19(29-33(25,26)17-13-9-7-10-14-17)20(22(24)32-36(4,5)6)30-34(27,28)18-15-11-8-12-16-18/h7-16,19-20H,1-6H3. The minimum Gasteiger partial charge on any atom is -0.518 e. The molecule has 2 aromatic carbocycles. The third kappa shape index (κ3) is 8.94. The van der Waals surface area contributed by atoms with Gasteiger partial charge in [-0.05, 0) is 63.5 Å². The highest BCUT2D eigenvalue weighted by Gasteiger charge is 2.46. The van der Waals surface area contributed by atoms with Gasteiger partial charge in [-0.2, -0.15) is 16.8 Å². The molecule has 0 radical (unpaired) electrons. The maximum absolute atomic E-state index is 13.2. The Morgan fingerprint density at radius 3 is 1.11 bits per heavy atom. The summed E-state index contributed by atoms with van der Waals surface area (Å²) < 4.78 is 73.1. The van der Waals surface area contributed by atoms with Crippen LogP contribution < -0.4 is 0 Å². The van der Waals surface area contributed by atoms with E-state index in [1.165, 1.54) is 48.5 Å². The maximum atomic E-state index is 13.2. The second-order valence-corrected chi connectivity index (χ2v) is 21.6. The molecule has 0 aliphatic heterocycles. The minimum absolute atomic E-state index is 0.320. The topological polar surface area (TPSA) is 139 Å². The van der Waals surface area contributed by atoms with Gasteiger partial charge in [0.2, 0.25) is 28.8 Å². The van der Waals surface area contributed by atoms with E-state index in [-0.39, 0.29) is 9.79 Å². The molecule has 0 aromatic heterocycles. The zero-order valence-corrected chi connectivity index (χ0v) is 24.5. The molecule has 36 heavy (non-hydrogen) atoms. The van der Waals surface area contributed by atoms with E-state index in [4.69, 9.17) is 17.2 Å². The SMILES string of the molecule is C[Si](C)(C)OC(=O)C(OS(=O)(=O)c1ccccc1)C(OS(=O)(=O)c1ccccc1)C(=O)O[Si](C)(C)C. The monoisotopic (exact) mass is 574 g/mol. The van der Waals surface area contributed by atoms with Crippen LogP contribution in [0.4, 0.5) is 0 Å². The van der Waals surface area contributed by atoms with Crippen molar-refractivity contribution < 1.29 is 43.6 Å². The van der Waals surface area contributed by atoms with Crippen LogP contribution in [0.2, 0.25) is 39.3 Å². The van der Waals surface area contributed by atoms with Crippen molar-refractivity contribution in [3.05, 3.63) is 60.7 Å². The lowest BCUT2D eigenvalue weighted by Crippen LogP contribution is -2.51. The van der Waals surface area contributed by atoms with Gasteiger partial charge in [0.15, 0.2) is 0 Å². The van der Waals surface area contributed by atoms with Crippen molar-refractivity contribution in [3.63, 3.8) is 0 Å². The molecular formula is C22H30O10S2Si2. The minimum atomic E-state index is -4.66. The highest BCUT2D eigenvalue weighted by molar-refractivity contribution is 7.87. The first-order valence-electron chi connectivity index (χ1n) is 10.8. The van der Waals surface area contributed by atoms with Gasteiger partial charge in [-0.15, -0.1) is 0 Å². The van der Waals surface area contributed by atoms with Crippen LogP contribution in [0.25, 0.3) is 0 Å². The second kappa shape index (κ2) is 11.4. The van der Waals surface area contributed by atoms with Crippen molar-refractivity contribution >= 4 is 48.8 Å². The van der Waals surface area contributed by atoms with E-state index in [1.54, 1.807) is 51.4 Å². The number of carbonyl (C=O) groups excluding carboxylic acids is 2. The largest absolute Gasteiger partial charge is 0.518 e. The van der Waals surface area contributed by atoms with Crippen molar-refractivity contribution in [2.75, 3.05) is 0 Å². The van der Waals surface area contributed by atoms with Crippen LogP contribution in [0.5, 0.6) is 0 Å². The van der Waals surface area contributed by atoms with E-state index in [9.17, 15) is 26.4 Å². The van der Waals surface area contributed by atoms with Crippen molar-refractivity contribution in [1.82, 2.24) is 0 Å². The molecular weight excluding hydrogens is 545 g/mol. The molecule has 0 heterocycles. The zero-order valence-electron chi connectivity index (χ0n) is 20.8. The summed E-state index contributed by atoms with van der Waals surface area (Å²) in [4.78, 5) is 25.7. The molecule has 2 aromatic rings. The van der Waals surface area contributed by atoms with Gasteiger partial charge in [-0.1, -0.05) is 36.4 Å². The number of hydrogen-bond donors (Lipinski definition) is 0. The molecule has 2 atom stereocenters. The summed E-state index contributed by atoms with van der Waals surface area (Å²) in [5.74, 6) is -2.54. The van der Waals surface area contributed by atoms with Crippen molar-refractivity contribution in [1.29, 1.82) is 0 Å². The Labute approximate surface area is 214 Å². The van der Waals surface area contributed by atoms with E-state index in [0.717, 1.165) is 0 Å². The molecule has 0 saturated carbocycles. The fourth-order valence-electron chi connectivity index (χ4n) is 2.70. The molecule has 0 aliphatic carbocycles. The third-order valence-corrected chi connectivity index (χ3v) is 8.33. The van der Waals surface area contributed by atoms with E-state index in [2.05, 4.69) is 0 Å². The quantitative estimate of drug-likeness (QED) is 0.290. The van der Waals surface area contributed by atoms with Crippen LogP contribution in [0.3, 0.4) is 0 Å². The Balaban J connectivity index is 2.62. The summed E-state index contributed by atoms with van der Waals surface area (Å²) in [6, 6.07) is 13.7. The van der Waals surface area contributed by atoms with Crippen LogP contribution in [0.1, 0.15) is 0 Å². The molecule has 0 spiro atoms. The predicted octanol–water partition coefficient (Wildman–Crippen LogP) is 3.29. The van der Waals surface area contributed by atoms with Crippen LogP contribution >= 0.6 is 0 Å². The van der Waals surface area contributed by atoms with Gasteiger partial charge in [0.1, 0.15) is 0 Å². The fraction of sp³-hybridized carbons (Fsp3) is 0.364. The second-order valence-electron chi connectivity index (χ2n) is 9.63. The maximum Gasteiger partial charge on any atom is 0.327 e. The fourth-order valence-corrected chi connectivity index (χ4v) is 6.25. The highest BCUT2D eigenvalue weighted by Crippen LogP contribution is 2.24. The van der Waals surface area contributed by atoms with Crippen molar-refractivity contribution in [3.8, 4) is 0 Å². The molecule has 0 aliphatic rings. The molecule has 0 amide bonds. The smallest absolute Gasteiger partial charge is 0.327 e. The van der Waals surface area contributed by atoms with Gasteiger partial charge in [-0.25, -0.2) is 8.37 Å². The number of carbonyl (C=O) groups is 2. The van der Waals surface area contributed by atoms with Gasteiger partial charge in [0.05, 0.1) is 9.79 Å². The van der Waals surface area contributed by atoms with Gasteiger partial charge >= 0.3 is 11.9 Å². The van der Waals surface area contributed by atoms with E-state index >= 15 is 0 Å².